The van der Waals surface area contributed by atoms with E-state index in [0.29, 0.717) is 29.7 Å². The Bertz CT molecular complexity index is 672. The molecule has 3 N–H and O–H groups in total. The van der Waals surface area contributed by atoms with Crippen LogP contribution in [0.5, 0.6) is 0 Å². The summed E-state index contributed by atoms with van der Waals surface area (Å²) in [7, 11) is 0. The first kappa shape index (κ1) is 20.4. The summed E-state index contributed by atoms with van der Waals surface area (Å²) in [6.45, 7) is 6.56. The van der Waals surface area contributed by atoms with E-state index in [0.717, 1.165) is 57.8 Å². The molecule has 0 heterocycles. The lowest BCUT2D eigenvalue weighted by atomic mass is 9.43. The number of carboxylic acid groups (broad SMARTS) is 1. The van der Waals surface area contributed by atoms with Crippen molar-refractivity contribution >= 4 is 5.97 Å². The summed E-state index contributed by atoms with van der Waals surface area (Å²) in [5, 5.41) is 31.8. The average Bonchev–Trinajstić information content (AvgIpc) is 2.91. The number of aliphatic hydroxyl groups excluding tert-OH is 1. The number of aliphatic hydroxyl groups is 2. The predicted octanol–water partition coefficient (Wildman–Crippen LogP) is 4.54. The van der Waals surface area contributed by atoms with Gasteiger partial charge in [-0.15, -0.1) is 0 Å². The molecule has 4 aliphatic carbocycles. The molecule has 0 amide bonds. The lowest BCUT2D eigenvalue weighted by Crippen LogP contribution is -2.62. The molecule has 4 saturated carbocycles. The van der Waals surface area contributed by atoms with E-state index in [4.69, 9.17) is 0 Å². The molecule has 4 rings (SSSR count). The van der Waals surface area contributed by atoms with Crippen molar-refractivity contribution in [3.8, 4) is 0 Å². The van der Waals surface area contributed by atoms with Crippen LogP contribution in [0.1, 0.15) is 85.0 Å². The minimum atomic E-state index is -0.816. The Morgan fingerprint density at radius 1 is 1.04 bits per heavy atom. The Morgan fingerprint density at radius 3 is 2.46 bits per heavy atom. The molecule has 28 heavy (non-hydrogen) atoms. The van der Waals surface area contributed by atoms with Gasteiger partial charge in [0.1, 0.15) is 0 Å². The third-order valence-electron chi connectivity index (χ3n) is 9.95. The largest absolute Gasteiger partial charge is 0.478 e. The fraction of sp³-hybridized carbons (Fsp3) is 0.875. The zero-order valence-corrected chi connectivity index (χ0v) is 17.8. The van der Waals surface area contributed by atoms with E-state index in [1.807, 2.05) is 13.0 Å². The zero-order valence-electron chi connectivity index (χ0n) is 17.8. The van der Waals surface area contributed by atoms with Gasteiger partial charge in [-0.25, -0.2) is 4.79 Å². The molecule has 4 fully saturated rings. The lowest BCUT2D eigenvalue weighted by Gasteiger charge is -2.63. The summed E-state index contributed by atoms with van der Waals surface area (Å²) in [4.78, 5) is 11.6. The van der Waals surface area contributed by atoms with Gasteiger partial charge in [0, 0.05) is 11.0 Å². The summed E-state index contributed by atoms with van der Waals surface area (Å²) in [5.41, 5.74) is -0.169. The summed E-state index contributed by atoms with van der Waals surface area (Å²) < 4.78 is 0. The van der Waals surface area contributed by atoms with Gasteiger partial charge < -0.3 is 15.3 Å². The van der Waals surface area contributed by atoms with E-state index in [9.17, 15) is 20.1 Å². The van der Waals surface area contributed by atoms with Crippen molar-refractivity contribution in [1.29, 1.82) is 0 Å². The fourth-order valence-electron chi connectivity index (χ4n) is 8.09. The Labute approximate surface area is 169 Å². The number of rotatable bonds is 3. The molecule has 4 heteroatoms. The molecule has 0 saturated heterocycles. The maximum absolute atomic E-state index is 12.1. The predicted molar refractivity (Wildman–Crippen MR) is 109 cm³/mol. The second-order valence-corrected chi connectivity index (χ2v) is 10.8. The molecule has 0 aromatic carbocycles. The number of hydrogen-bond donors (Lipinski definition) is 3. The molecule has 158 valence electrons. The molecule has 0 spiro atoms. The normalized spacial score (nSPS) is 51.2. The van der Waals surface area contributed by atoms with E-state index in [2.05, 4.69) is 13.8 Å². The first-order valence-corrected chi connectivity index (χ1v) is 11.5. The van der Waals surface area contributed by atoms with E-state index in [-0.39, 0.29) is 22.9 Å². The molecule has 0 radical (unpaired) electrons. The van der Waals surface area contributed by atoms with Gasteiger partial charge in [0.25, 0.3) is 0 Å². The van der Waals surface area contributed by atoms with E-state index >= 15 is 0 Å². The van der Waals surface area contributed by atoms with Crippen molar-refractivity contribution in [3.63, 3.8) is 0 Å². The Morgan fingerprint density at radius 2 is 1.79 bits per heavy atom. The van der Waals surface area contributed by atoms with Gasteiger partial charge in [0.05, 0.1) is 11.7 Å². The molecule has 0 aromatic rings. The van der Waals surface area contributed by atoms with Gasteiger partial charge >= 0.3 is 5.97 Å². The highest BCUT2D eigenvalue weighted by Crippen LogP contribution is 2.69. The number of carbonyl (C=O) groups is 1. The quantitative estimate of drug-likeness (QED) is 0.618. The monoisotopic (exact) mass is 390 g/mol. The molecule has 0 aliphatic heterocycles. The minimum Gasteiger partial charge on any atom is -0.478 e. The van der Waals surface area contributed by atoms with Crippen molar-refractivity contribution in [1.82, 2.24) is 0 Å². The highest BCUT2D eigenvalue weighted by Gasteiger charge is 2.66. The number of allylic oxidation sites excluding steroid dienone is 1. The van der Waals surface area contributed by atoms with Crippen LogP contribution < -0.4 is 0 Å². The number of hydrogen-bond acceptors (Lipinski definition) is 3. The Kier molecular flexibility index (Phi) is 4.98. The summed E-state index contributed by atoms with van der Waals surface area (Å²) in [5.74, 6) is 0.772. The standard InChI is InChI=1S/C24H38O4/c1-4-15(21(26)27)13-17-7-12-24(28)20-6-5-16-14-18(25)8-10-22(16,2)19(20)9-11-23(17,24)3/h13,16-20,25,28H,4-12,14H2,1-3H3,(H,26,27)/b15-13+/t16-,17-,18+,19+,20-,22+,23-,24+/m1/s1. The SMILES string of the molecule is CC/C(=C\[C@H]1CC[C@]2(O)[C@@H]3CC[C@@H]4C[C@@H](O)CC[C@]4(C)[C@H]3CC[C@]12C)C(=O)O. The zero-order chi connectivity index (χ0) is 20.3. The highest BCUT2D eigenvalue weighted by molar-refractivity contribution is 5.86. The van der Waals surface area contributed by atoms with Gasteiger partial charge in [-0.3, -0.25) is 0 Å². The Balaban J connectivity index is 1.64. The Hall–Kier alpha value is -0.870. The molecular weight excluding hydrogens is 352 g/mol. The highest BCUT2D eigenvalue weighted by atomic mass is 16.4. The molecule has 4 aliphatic rings. The second kappa shape index (κ2) is 6.84. The van der Waals surface area contributed by atoms with Crippen LogP contribution in [-0.2, 0) is 4.79 Å². The van der Waals surface area contributed by atoms with Crippen molar-refractivity contribution in [2.45, 2.75) is 96.7 Å². The second-order valence-electron chi connectivity index (χ2n) is 10.8. The topological polar surface area (TPSA) is 77.8 Å². The number of aliphatic carboxylic acids is 1. The van der Waals surface area contributed by atoms with Crippen LogP contribution in [0.4, 0.5) is 0 Å². The van der Waals surface area contributed by atoms with Crippen LogP contribution >= 0.6 is 0 Å². The van der Waals surface area contributed by atoms with Gasteiger partial charge in [-0.2, -0.15) is 0 Å². The molecular formula is C24H38O4. The summed E-state index contributed by atoms with van der Waals surface area (Å²) >= 11 is 0. The van der Waals surface area contributed by atoms with Crippen LogP contribution in [0.25, 0.3) is 0 Å². The van der Waals surface area contributed by atoms with Crippen molar-refractivity contribution in [2.24, 2.45) is 34.5 Å². The van der Waals surface area contributed by atoms with Crippen LogP contribution in [0.15, 0.2) is 11.6 Å². The molecule has 8 atom stereocenters. The molecule has 0 aromatic heterocycles. The van der Waals surface area contributed by atoms with Gasteiger partial charge in [0.15, 0.2) is 0 Å². The fourth-order valence-corrected chi connectivity index (χ4v) is 8.09. The lowest BCUT2D eigenvalue weighted by molar-refractivity contribution is -0.207. The summed E-state index contributed by atoms with van der Waals surface area (Å²) in [6.07, 6.45) is 11.2. The molecule has 0 bridgehead atoms. The average molecular weight is 391 g/mol. The van der Waals surface area contributed by atoms with Crippen LogP contribution in [0.2, 0.25) is 0 Å². The van der Waals surface area contributed by atoms with Gasteiger partial charge in [-0.05, 0) is 93.3 Å². The van der Waals surface area contributed by atoms with Crippen LogP contribution in [-0.4, -0.2) is 33.0 Å². The minimum absolute atomic E-state index is 0.143. The summed E-state index contributed by atoms with van der Waals surface area (Å²) in [6, 6.07) is 0. The maximum Gasteiger partial charge on any atom is 0.331 e. The smallest absolute Gasteiger partial charge is 0.331 e. The van der Waals surface area contributed by atoms with Crippen molar-refractivity contribution in [2.75, 3.05) is 0 Å². The van der Waals surface area contributed by atoms with E-state index < -0.39 is 11.6 Å². The van der Waals surface area contributed by atoms with Crippen molar-refractivity contribution in [3.05, 3.63) is 11.6 Å². The van der Waals surface area contributed by atoms with E-state index in [1.54, 1.807) is 0 Å². The van der Waals surface area contributed by atoms with Crippen LogP contribution in [0, 0.1) is 34.5 Å². The number of carboxylic acids is 1. The van der Waals surface area contributed by atoms with Crippen molar-refractivity contribution < 1.29 is 20.1 Å². The van der Waals surface area contributed by atoms with Gasteiger partial charge in [0.2, 0.25) is 0 Å². The number of fused-ring (bicyclic) bond motifs is 5. The third-order valence-corrected chi connectivity index (χ3v) is 9.95. The maximum atomic E-state index is 12.1. The molecule has 4 nitrogen and oxygen atoms in total. The molecule has 0 unspecified atom stereocenters. The third kappa shape index (κ3) is 2.74. The first-order valence-electron chi connectivity index (χ1n) is 11.5. The first-order chi connectivity index (χ1) is 13.2. The van der Waals surface area contributed by atoms with Gasteiger partial charge in [-0.1, -0.05) is 26.8 Å². The van der Waals surface area contributed by atoms with E-state index in [1.165, 1.54) is 0 Å². The van der Waals surface area contributed by atoms with Crippen LogP contribution in [0.3, 0.4) is 0 Å².